The maximum atomic E-state index is 2.54. The third-order valence-corrected chi connectivity index (χ3v) is 28.1. The van der Waals surface area contributed by atoms with Crippen LogP contribution in [0.5, 0.6) is 0 Å². The molecule has 10 heterocycles. The second-order valence-corrected chi connectivity index (χ2v) is 40.5. The highest BCUT2D eigenvalue weighted by molar-refractivity contribution is 5.98. The minimum Gasteiger partial charge on any atom is -0.311 e. The molecule has 20 aromatic rings. The van der Waals surface area contributed by atoms with Crippen molar-refractivity contribution in [3.8, 4) is 119 Å². The summed E-state index contributed by atoms with van der Waals surface area (Å²) in [4.78, 5) is 0. The van der Waals surface area contributed by atoms with Crippen LogP contribution in [0.25, 0.3) is 141 Å². The maximum absolute atomic E-state index is 2.54. The van der Waals surface area contributed by atoms with Gasteiger partial charge in [-0.2, -0.15) is 22.8 Å². The number of para-hydroxylation sites is 5. The van der Waals surface area contributed by atoms with Gasteiger partial charge in [-0.3, -0.25) is 0 Å². The lowest BCUT2D eigenvalue weighted by molar-refractivity contribution is -0.661. The first kappa shape index (κ1) is 99.9. The second-order valence-electron chi connectivity index (χ2n) is 40.5. The molecule has 0 bridgehead atoms. The van der Waals surface area contributed by atoms with Crippen LogP contribution in [0.1, 0.15) is 188 Å². The molecule has 10 aromatic heterocycles. The summed E-state index contributed by atoms with van der Waals surface area (Å²) in [5.74, 6) is 2.21. The molecule has 0 amide bonds. The van der Waals surface area contributed by atoms with Crippen LogP contribution in [-0.2, 0) is 35.2 Å². The highest BCUT2D eigenvalue weighted by Gasteiger charge is 2.32. The zero-order valence-electron chi connectivity index (χ0n) is 88.5. The van der Waals surface area contributed by atoms with E-state index in [4.69, 9.17) is 0 Å². The van der Waals surface area contributed by atoms with Crippen LogP contribution in [-0.4, -0.2) is 22.8 Å². The quantitative estimate of drug-likeness (QED) is 0.0769. The number of hydrogen-bond acceptors (Lipinski definition) is 0. The van der Waals surface area contributed by atoms with E-state index in [2.05, 4.69) is 591 Å². The number of aromatic nitrogens is 10. The van der Waals surface area contributed by atoms with Crippen molar-refractivity contribution >= 4 is 21.8 Å². The van der Waals surface area contributed by atoms with E-state index in [1.807, 2.05) is 0 Å². The Hall–Kier alpha value is -15.1. The number of rotatable bonds is 18. The van der Waals surface area contributed by atoms with Crippen LogP contribution in [0.15, 0.2) is 365 Å². The lowest BCUT2D eigenvalue weighted by Crippen LogP contribution is -2.31. The molecule has 0 saturated carbocycles. The normalized spacial score (nSPS) is 11.3. The van der Waals surface area contributed by atoms with E-state index in [1.165, 1.54) is 230 Å². The Balaban J connectivity index is 0.000000129. The first-order valence-corrected chi connectivity index (χ1v) is 50.6. The Kier molecular flexibility index (Phi) is 30.5. The van der Waals surface area contributed by atoms with E-state index in [0.29, 0.717) is 29.6 Å². The SMILES string of the molecule is Cc1c(-c2cccc[n+]2C)n(-c2c(-c3ccccc3)cccc2-c2ccccc2)c2ccccc12.Cc1c(-c2cccc[n+]2C)n(-c2c(C(C)C)cc(-c3ccccc3)cc2C(C)C)c2ccccc12.Cc1cc(C)c(-n2ccc(C)c2-c2ccc(C)c[n+]2C)c(C)c1.Cc1ccc(-c2c(C)ccn2-c2c(C(C)C)cccc2C(C)C)[n+](C)c1.Cc1ccc(-c2c(C)ccn2-c2ccccc2C(C)C)[n+](C)c1. The third-order valence-electron chi connectivity index (χ3n) is 28.1. The van der Waals surface area contributed by atoms with Crippen molar-refractivity contribution in [1.82, 2.24) is 22.8 Å². The van der Waals surface area contributed by atoms with E-state index in [-0.39, 0.29) is 0 Å². The van der Waals surface area contributed by atoms with Crippen molar-refractivity contribution in [3.05, 3.63) is 454 Å². The van der Waals surface area contributed by atoms with E-state index in [1.54, 1.807) is 0 Å². The summed E-state index contributed by atoms with van der Waals surface area (Å²) in [6.45, 7) is 46.9. The van der Waals surface area contributed by atoms with Crippen molar-refractivity contribution in [2.45, 2.75) is 175 Å². The molecule has 10 aromatic carbocycles. The molecule has 0 fully saturated rings. The molecular formula is C132H143N10+5. The molecule has 0 atom stereocenters. The summed E-state index contributed by atoms with van der Waals surface area (Å²) in [5.41, 5.74) is 49.9. The molecule has 0 spiro atoms. The molecule has 0 aliphatic heterocycles. The van der Waals surface area contributed by atoms with Crippen molar-refractivity contribution in [2.24, 2.45) is 35.2 Å². The Labute approximate surface area is 844 Å². The Morgan fingerprint density at radius 3 is 0.951 bits per heavy atom. The van der Waals surface area contributed by atoms with Crippen LogP contribution in [0.3, 0.4) is 0 Å². The van der Waals surface area contributed by atoms with Gasteiger partial charge in [-0.05, 0) is 274 Å². The van der Waals surface area contributed by atoms with Gasteiger partial charge in [-0.15, -0.1) is 0 Å². The number of fused-ring (bicyclic) bond motifs is 2. The van der Waals surface area contributed by atoms with E-state index >= 15 is 0 Å². The van der Waals surface area contributed by atoms with E-state index in [9.17, 15) is 0 Å². The van der Waals surface area contributed by atoms with Crippen LogP contribution in [0.4, 0.5) is 0 Å². The summed E-state index contributed by atoms with van der Waals surface area (Å²) in [7, 11) is 10.6. The zero-order chi connectivity index (χ0) is 101. The van der Waals surface area contributed by atoms with E-state index in [0.717, 1.165) is 0 Å². The first-order valence-electron chi connectivity index (χ1n) is 50.6. The molecule has 0 aliphatic rings. The van der Waals surface area contributed by atoms with Crippen LogP contribution in [0.2, 0.25) is 0 Å². The molecular weight excluding hydrogens is 1730 g/mol. The summed E-state index contributed by atoms with van der Waals surface area (Å²) in [6, 6.07) is 114. The average molecular weight is 1870 g/mol. The van der Waals surface area contributed by atoms with Crippen molar-refractivity contribution < 1.29 is 22.8 Å². The van der Waals surface area contributed by atoms with E-state index < -0.39 is 0 Å². The summed E-state index contributed by atoms with van der Waals surface area (Å²) in [5, 5.41) is 2.58. The standard InChI is InChI=1S/C33H27N2.C33H35N2.C24H31N2.2C21H25N2/c1-24-27-18-9-10-21-30(27)35(32(24)31-22-11-12-23-34(31)2)33-28(25-14-5-3-6-15-25)19-13-20-29(33)26-16-7-4-8-17-26;1-22(2)28-20-26(25-14-8-7-9-15-25)21-29(23(3)4)33(28)35-30-17-11-10-16-27(30)24(5)32(35)31-18-12-13-19-34(31)6;1-16(2)20-9-8-10-21(17(3)4)24(20)26-14-13-19(6)23(26)22-12-11-18(5)15-25(22)7;1-14-7-8-19(22(6)13-14)21-16(3)9-10-23(21)20-17(4)11-15(2)12-18(20)5;1-15(2)18-8-6-7-9-19(18)23-13-12-17(4)21(23)20-11-10-16(3)14-22(20)5/h3-23H,1-2H3;7-23H,1-6H3;8-17H,1-7H3;7-13H,1-6H3;6-15H,1-5H3/q5*+1. The van der Waals surface area contributed by atoms with Gasteiger partial charge in [0.1, 0.15) is 63.7 Å². The molecule has 0 unspecified atom stereocenters. The molecule has 716 valence electrons. The van der Waals surface area contributed by atoms with Gasteiger partial charge in [0.25, 0.3) is 0 Å². The van der Waals surface area contributed by atoms with Gasteiger partial charge >= 0.3 is 0 Å². The van der Waals surface area contributed by atoms with Crippen molar-refractivity contribution in [3.63, 3.8) is 0 Å². The predicted molar refractivity (Wildman–Crippen MR) is 596 cm³/mol. The van der Waals surface area contributed by atoms with Gasteiger partial charge in [-0.25, -0.2) is 0 Å². The summed E-state index contributed by atoms with van der Waals surface area (Å²) < 4.78 is 23.2. The van der Waals surface area contributed by atoms with Crippen LogP contribution < -0.4 is 22.8 Å². The number of aryl methyl sites for hydroxylation is 16. The van der Waals surface area contributed by atoms with Gasteiger partial charge in [0.15, 0.2) is 31.0 Å². The largest absolute Gasteiger partial charge is 0.311 e. The van der Waals surface area contributed by atoms with Crippen LogP contribution >= 0.6 is 0 Å². The fourth-order valence-electron chi connectivity index (χ4n) is 21.2. The summed E-state index contributed by atoms with van der Waals surface area (Å²) >= 11 is 0. The van der Waals surface area contributed by atoms with Crippen molar-refractivity contribution in [2.75, 3.05) is 0 Å². The fourth-order valence-corrected chi connectivity index (χ4v) is 21.2. The first-order chi connectivity index (χ1) is 68.3. The smallest absolute Gasteiger partial charge is 0.229 e. The van der Waals surface area contributed by atoms with Gasteiger partial charge < -0.3 is 22.8 Å². The molecule has 10 nitrogen and oxygen atoms in total. The second kappa shape index (κ2) is 43.3. The molecule has 20 rings (SSSR count). The monoisotopic (exact) mass is 1870 g/mol. The lowest BCUT2D eigenvalue weighted by Gasteiger charge is -2.24. The molecule has 0 radical (unpaired) electrons. The Morgan fingerprint density at radius 2 is 0.549 bits per heavy atom. The number of benzene rings is 10. The molecule has 0 saturated heterocycles. The highest BCUT2D eigenvalue weighted by Crippen LogP contribution is 2.47. The molecule has 10 heteroatoms. The van der Waals surface area contributed by atoms with Gasteiger partial charge in [0, 0.05) is 105 Å². The molecule has 0 aliphatic carbocycles. The number of nitrogens with zero attached hydrogens (tertiary/aromatic N) is 10. The summed E-state index contributed by atoms with van der Waals surface area (Å²) in [6.07, 6.45) is 17.4. The van der Waals surface area contributed by atoms with Crippen LogP contribution in [0, 0.1) is 76.2 Å². The van der Waals surface area contributed by atoms with Crippen molar-refractivity contribution in [1.29, 1.82) is 0 Å². The Morgan fingerprint density at radius 1 is 0.218 bits per heavy atom. The number of pyridine rings is 5. The number of hydrogen-bond donors (Lipinski definition) is 0. The minimum absolute atomic E-state index is 0.380. The molecule has 0 N–H and O–H groups in total. The topological polar surface area (TPSA) is 44.0 Å². The Bertz CT molecular complexity index is 7790. The predicted octanol–water partition coefficient (Wildman–Crippen LogP) is 31.2. The highest BCUT2D eigenvalue weighted by atomic mass is 15.1. The lowest BCUT2D eigenvalue weighted by atomic mass is 9.88. The fraction of sp³-hybridized carbons (Fsp3) is 0.235. The van der Waals surface area contributed by atoms with Gasteiger partial charge in [0.2, 0.25) is 28.5 Å². The average Bonchev–Trinajstić information content (AvgIpc) is 1.57. The van der Waals surface area contributed by atoms with Gasteiger partial charge in [-0.1, -0.05) is 269 Å². The minimum atomic E-state index is 0.380. The van der Waals surface area contributed by atoms with Gasteiger partial charge in [0.05, 0.1) is 33.8 Å². The molecule has 142 heavy (non-hydrogen) atoms. The zero-order valence-corrected chi connectivity index (χ0v) is 88.5. The maximum Gasteiger partial charge on any atom is 0.229 e. The third kappa shape index (κ3) is 20.5.